The molecular formula is C33H36N2O4. The Labute approximate surface area is 231 Å². The van der Waals surface area contributed by atoms with Crippen LogP contribution in [0.25, 0.3) is 5.57 Å². The van der Waals surface area contributed by atoms with E-state index < -0.39 is 5.97 Å². The fourth-order valence-electron chi connectivity index (χ4n) is 4.65. The Morgan fingerprint density at radius 3 is 2.21 bits per heavy atom. The molecule has 3 aliphatic rings. The van der Waals surface area contributed by atoms with Crippen LogP contribution in [0.15, 0.2) is 95.0 Å². The minimum Gasteiger partial charge on any atom is -0.871 e. The maximum absolute atomic E-state index is 13.0. The van der Waals surface area contributed by atoms with Crippen LogP contribution in [0, 0.1) is 0 Å². The third-order valence-corrected chi connectivity index (χ3v) is 7.07. The van der Waals surface area contributed by atoms with Crippen molar-refractivity contribution in [2.24, 2.45) is 0 Å². The van der Waals surface area contributed by atoms with Crippen molar-refractivity contribution in [3.8, 4) is 0 Å². The van der Waals surface area contributed by atoms with Gasteiger partial charge in [0.25, 0.3) is 0 Å². The first-order chi connectivity index (χ1) is 18.9. The van der Waals surface area contributed by atoms with Gasteiger partial charge in [0.05, 0.1) is 0 Å². The molecule has 1 aromatic rings. The van der Waals surface area contributed by atoms with Gasteiger partial charge in [0, 0.05) is 42.1 Å². The molecule has 0 amide bonds. The molecule has 6 nitrogen and oxygen atoms in total. The summed E-state index contributed by atoms with van der Waals surface area (Å²) in [7, 11) is 1.89. The quantitative estimate of drug-likeness (QED) is 0.175. The maximum Gasteiger partial charge on any atom is 0.346 e. The van der Waals surface area contributed by atoms with E-state index in [4.69, 9.17) is 4.74 Å². The molecule has 0 heterocycles. The van der Waals surface area contributed by atoms with Gasteiger partial charge in [0.2, 0.25) is 0 Å². The predicted octanol–water partition coefficient (Wildman–Crippen LogP) is 4.45. The first-order valence-corrected chi connectivity index (χ1v) is 13.7. The van der Waals surface area contributed by atoms with Gasteiger partial charge in [-0.2, -0.15) is 0 Å². The summed E-state index contributed by atoms with van der Waals surface area (Å²) in [5.41, 5.74) is 7.05. The molecule has 3 aliphatic carbocycles. The number of likely N-dealkylation sites (N-methyl/N-ethyl adjacent to an activating group) is 1. The van der Waals surface area contributed by atoms with Crippen LogP contribution in [-0.4, -0.2) is 55.3 Å². The van der Waals surface area contributed by atoms with Gasteiger partial charge >= 0.3 is 5.97 Å². The number of allylic oxidation sites excluding steroid dienone is 8. The smallest absolute Gasteiger partial charge is 0.346 e. The number of anilines is 1. The van der Waals surface area contributed by atoms with E-state index in [9.17, 15) is 14.7 Å². The molecule has 39 heavy (non-hydrogen) atoms. The zero-order valence-corrected chi connectivity index (χ0v) is 23.0. The first kappa shape index (κ1) is 27.9. The molecule has 0 spiro atoms. The molecule has 0 bridgehead atoms. The number of benzene rings is 1. The van der Waals surface area contributed by atoms with Gasteiger partial charge in [-0.1, -0.05) is 50.7 Å². The highest BCUT2D eigenvalue weighted by atomic mass is 16.5. The number of ketones is 1. The highest BCUT2D eigenvalue weighted by molar-refractivity contribution is 6.39. The summed E-state index contributed by atoms with van der Waals surface area (Å²) < 4.78 is 7.24. The SMILES string of the molecule is CCCCN(CCCC)c1ccc(C2=C([O-])C(=C3C=CC(=[N+](C)CCOC(=O)C4=C=CC=C4)C=C3)C2=O)cc1. The number of rotatable bonds is 12. The second-order valence-electron chi connectivity index (χ2n) is 9.84. The molecule has 0 saturated heterocycles. The van der Waals surface area contributed by atoms with Crippen LogP contribution < -0.4 is 10.0 Å². The Balaban J connectivity index is 1.41. The normalized spacial score (nSPS) is 15.7. The van der Waals surface area contributed by atoms with Crippen molar-refractivity contribution in [1.82, 2.24) is 0 Å². The zero-order chi connectivity index (χ0) is 27.8. The maximum atomic E-state index is 13.0. The summed E-state index contributed by atoms with van der Waals surface area (Å²) >= 11 is 0. The Morgan fingerprint density at radius 1 is 0.974 bits per heavy atom. The Hall–Kier alpha value is -4.15. The van der Waals surface area contributed by atoms with E-state index in [1.54, 1.807) is 30.4 Å². The molecule has 0 atom stereocenters. The molecule has 0 aliphatic heterocycles. The molecule has 202 valence electrons. The summed E-state index contributed by atoms with van der Waals surface area (Å²) in [6, 6.07) is 7.82. The highest BCUT2D eigenvalue weighted by Gasteiger charge is 2.30. The van der Waals surface area contributed by atoms with Crippen LogP contribution >= 0.6 is 0 Å². The number of unbranched alkanes of at least 4 members (excludes halogenated alkanes) is 2. The second-order valence-corrected chi connectivity index (χ2v) is 9.84. The average molecular weight is 525 g/mol. The molecule has 6 heteroatoms. The van der Waals surface area contributed by atoms with Gasteiger partial charge in [-0.15, -0.1) is 5.73 Å². The van der Waals surface area contributed by atoms with E-state index in [0.29, 0.717) is 23.3 Å². The lowest BCUT2D eigenvalue weighted by Gasteiger charge is -2.32. The number of hydrogen-bond donors (Lipinski definition) is 0. The van der Waals surface area contributed by atoms with Crippen molar-refractivity contribution in [3.63, 3.8) is 0 Å². The molecule has 0 saturated carbocycles. The predicted molar refractivity (Wildman–Crippen MR) is 153 cm³/mol. The lowest BCUT2D eigenvalue weighted by atomic mass is 9.80. The van der Waals surface area contributed by atoms with Gasteiger partial charge in [-0.25, -0.2) is 9.37 Å². The number of esters is 1. The van der Waals surface area contributed by atoms with Crippen molar-refractivity contribution < 1.29 is 24.0 Å². The number of Topliss-reactive ketones (excluding diaryl/α,β-unsaturated/α-hetero) is 1. The Kier molecular flexibility index (Phi) is 9.35. The van der Waals surface area contributed by atoms with Crippen LogP contribution in [0.3, 0.4) is 0 Å². The topological polar surface area (TPSA) is 72.7 Å². The lowest BCUT2D eigenvalue weighted by Crippen LogP contribution is -2.30. The Bertz CT molecular complexity index is 1350. The largest absolute Gasteiger partial charge is 0.871 e. The van der Waals surface area contributed by atoms with Gasteiger partial charge in [-0.05, 0) is 60.4 Å². The van der Waals surface area contributed by atoms with Crippen molar-refractivity contribution in [2.75, 3.05) is 38.2 Å². The molecule has 0 unspecified atom stereocenters. The molecule has 0 N–H and O–H groups in total. The average Bonchev–Trinajstić information content (AvgIpc) is 3.50. The van der Waals surface area contributed by atoms with E-state index in [-0.39, 0.29) is 29.3 Å². The molecule has 0 aromatic heterocycles. The van der Waals surface area contributed by atoms with E-state index in [1.807, 2.05) is 48.0 Å². The summed E-state index contributed by atoms with van der Waals surface area (Å²) in [6.07, 6.45) is 16.9. The van der Waals surface area contributed by atoms with Gasteiger partial charge in [-0.3, -0.25) is 4.79 Å². The van der Waals surface area contributed by atoms with Crippen molar-refractivity contribution in [1.29, 1.82) is 0 Å². The van der Waals surface area contributed by atoms with E-state index >= 15 is 0 Å². The minimum absolute atomic E-state index is 0.209. The monoisotopic (exact) mass is 524 g/mol. The number of ether oxygens (including phenoxy) is 1. The summed E-state index contributed by atoms with van der Waals surface area (Å²) in [4.78, 5) is 27.4. The number of carbonyl (C=O) groups excluding carboxylic acids is 2. The summed E-state index contributed by atoms with van der Waals surface area (Å²) in [5, 5.41) is 13.0. The van der Waals surface area contributed by atoms with Crippen LogP contribution in [-0.2, 0) is 14.3 Å². The third kappa shape index (κ3) is 6.47. The standard InChI is InChI=1S/C33H36N2O4/c1-4-6-20-35(21-7-5-2)28-18-14-25(15-19-28)30-31(36)29(32(30)37)24-12-16-27(17-13-24)34(3)22-23-39-33(38)26-10-8-9-11-26/h8-10,12-19H,4-7,20-23H2,1-3H3. The molecule has 1 aromatic carbocycles. The third-order valence-electron chi connectivity index (χ3n) is 7.07. The Morgan fingerprint density at radius 2 is 1.64 bits per heavy atom. The molecule has 0 fully saturated rings. The highest BCUT2D eigenvalue weighted by Crippen LogP contribution is 2.37. The van der Waals surface area contributed by atoms with Crippen molar-refractivity contribution in [3.05, 3.63) is 101 Å². The second kappa shape index (κ2) is 13.1. The van der Waals surface area contributed by atoms with Crippen LogP contribution in [0.5, 0.6) is 0 Å². The molecular weight excluding hydrogens is 488 g/mol. The number of nitrogens with zero attached hydrogens (tertiary/aromatic N) is 2. The lowest BCUT2D eigenvalue weighted by molar-refractivity contribution is -0.498. The summed E-state index contributed by atoms with van der Waals surface area (Å²) in [6.45, 7) is 7.13. The van der Waals surface area contributed by atoms with Crippen LogP contribution in [0.1, 0.15) is 45.1 Å². The van der Waals surface area contributed by atoms with E-state index in [2.05, 4.69) is 24.5 Å². The van der Waals surface area contributed by atoms with Gasteiger partial charge < -0.3 is 14.7 Å². The molecule has 4 rings (SSSR count). The van der Waals surface area contributed by atoms with Crippen LogP contribution in [0.4, 0.5) is 5.69 Å². The fourth-order valence-corrected chi connectivity index (χ4v) is 4.65. The van der Waals surface area contributed by atoms with Crippen molar-refractivity contribution in [2.45, 2.75) is 39.5 Å². The van der Waals surface area contributed by atoms with Crippen molar-refractivity contribution >= 4 is 28.7 Å². The van der Waals surface area contributed by atoms with E-state index in [1.165, 1.54) is 0 Å². The van der Waals surface area contributed by atoms with E-state index in [0.717, 1.165) is 50.2 Å². The minimum atomic E-state index is -0.394. The van der Waals surface area contributed by atoms with Crippen LogP contribution in [0.2, 0.25) is 0 Å². The summed E-state index contributed by atoms with van der Waals surface area (Å²) in [5.74, 6) is -0.813. The van der Waals surface area contributed by atoms with Gasteiger partial charge in [0.15, 0.2) is 24.6 Å². The van der Waals surface area contributed by atoms with Gasteiger partial charge in [0.1, 0.15) is 12.6 Å². The fraction of sp³-hybridized carbons (Fsp3) is 0.333. The molecule has 0 radical (unpaired) electrons. The zero-order valence-electron chi connectivity index (χ0n) is 23.0. The number of carbonyl (C=O) groups is 2. The first-order valence-electron chi connectivity index (χ1n) is 13.7. The number of hydrogen-bond acceptors (Lipinski definition) is 5.